The van der Waals surface area contributed by atoms with Crippen molar-refractivity contribution < 1.29 is 18.0 Å². The van der Waals surface area contributed by atoms with E-state index in [0.717, 1.165) is 22.1 Å². The molecule has 0 aliphatic heterocycles. The summed E-state index contributed by atoms with van der Waals surface area (Å²) in [6.45, 7) is 5.57. The number of amides is 1. The summed E-state index contributed by atoms with van der Waals surface area (Å²) in [6.07, 6.45) is -4.51. The number of aryl methyl sites for hydroxylation is 2. The van der Waals surface area contributed by atoms with Crippen LogP contribution in [0.15, 0.2) is 47.4 Å². The van der Waals surface area contributed by atoms with Crippen molar-refractivity contribution in [1.29, 1.82) is 0 Å². The second kappa shape index (κ2) is 7.30. The average molecular weight is 353 g/mol. The lowest BCUT2D eigenvalue weighted by atomic mass is 10.1. The van der Waals surface area contributed by atoms with Crippen molar-refractivity contribution in [3.05, 3.63) is 59.2 Å². The standard InChI is InChI=1S/C18H18F3NOS/c1-11-8-9-12(2)16(10-11)24-13(3)17(23)22-15-7-5-4-6-14(15)18(19,20)21/h4-10,13H,1-3H3,(H,22,23). The summed E-state index contributed by atoms with van der Waals surface area (Å²) in [5.74, 6) is -0.461. The minimum absolute atomic E-state index is 0.219. The number of carbonyl (C=O) groups is 1. The second-order valence-corrected chi connectivity index (χ2v) is 6.94. The molecule has 1 unspecified atom stereocenters. The van der Waals surface area contributed by atoms with Crippen LogP contribution < -0.4 is 5.32 Å². The molecule has 1 amide bonds. The molecule has 2 aromatic rings. The smallest absolute Gasteiger partial charge is 0.325 e. The molecule has 128 valence electrons. The van der Waals surface area contributed by atoms with Gasteiger partial charge in [-0.05, 0) is 44.5 Å². The summed E-state index contributed by atoms with van der Waals surface area (Å²) in [4.78, 5) is 13.2. The summed E-state index contributed by atoms with van der Waals surface area (Å²) >= 11 is 1.33. The van der Waals surface area contributed by atoms with Gasteiger partial charge in [-0.2, -0.15) is 13.2 Å². The maximum Gasteiger partial charge on any atom is 0.418 e. The number of nitrogens with one attached hydrogen (secondary N) is 1. The van der Waals surface area contributed by atoms with Crippen LogP contribution in [0.1, 0.15) is 23.6 Å². The Morgan fingerprint density at radius 2 is 1.79 bits per heavy atom. The molecule has 24 heavy (non-hydrogen) atoms. The van der Waals surface area contributed by atoms with Gasteiger partial charge in [0.25, 0.3) is 0 Å². The number of benzene rings is 2. The van der Waals surface area contributed by atoms with Crippen molar-refractivity contribution in [3.8, 4) is 0 Å². The molecule has 1 atom stereocenters. The SMILES string of the molecule is Cc1ccc(C)c(SC(C)C(=O)Nc2ccccc2C(F)(F)F)c1. The van der Waals surface area contributed by atoms with Gasteiger partial charge in [0.05, 0.1) is 16.5 Å². The molecule has 0 aliphatic rings. The Balaban J connectivity index is 2.14. The van der Waals surface area contributed by atoms with Crippen molar-refractivity contribution in [3.63, 3.8) is 0 Å². The van der Waals surface area contributed by atoms with Crippen LogP contribution >= 0.6 is 11.8 Å². The fourth-order valence-electron chi connectivity index (χ4n) is 2.15. The second-order valence-electron chi connectivity index (χ2n) is 5.56. The number of rotatable bonds is 4. The maximum absolute atomic E-state index is 13.0. The van der Waals surface area contributed by atoms with Crippen molar-refractivity contribution in [2.24, 2.45) is 0 Å². The van der Waals surface area contributed by atoms with Crippen LogP contribution in [-0.4, -0.2) is 11.2 Å². The molecule has 0 heterocycles. The summed E-state index contributed by atoms with van der Waals surface area (Å²) in [5, 5.41) is 1.87. The van der Waals surface area contributed by atoms with E-state index in [4.69, 9.17) is 0 Å². The van der Waals surface area contributed by atoms with Crippen molar-refractivity contribution >= 4 is 23.4 Å². The molecular weight excluding hydrogens is 335 g/mol. The Kier molecular flexibility index (Phi) is 5.59. The lowest BCUT2D eigenvalue weighted by molar-refractivity contribution is -0.137. The highest BCUT2D eigenvalue weighted by Gasteiger charge is 2.33. The average Bonchev–Trinajstić information content (AvgIpc) is 2.50. The highest BCUT2D eigenvalue weighted by atomic mass is 32.2. The Bertz CT molecular complexity index is 743. The molecule has 2 aromatic carbocycles. The van der Waals surface area contributed by atoms with Gasteiger partial charge in [-0.15, -0.1) is 11.8 Å². The molecule has 0 radical (unpaired) electrons. The highest BCUT2D eigenvalue weighted by Crippen LogP contribution is 2.35. The summed E-state index contributed by atoms with van der Waals surface area (Å²) in [6, 6.07) is 10.9. The van der Waals surface area contributed by atoms with E-state index in [-0.39, 0.29) is 5.69 Å². The fourth-order valence-corrected chi connectivity index (χ4v) is 3.21. The van der Waals surface area contributed by atoms with E-state index in [0.29, 0.717) is 0 Å². The molecule has 2 nitrogen and oxygen atoms in total. The Hall–Kier alpha value is -1.95. The first-order chi connectivity index (χ1) is 11.2. The minimum atomic E-state index is -4.51. The largest absolute Gasteiger partial charge is 0.418 e. The van der Waals surface area contributed by atoms with Crippen LogP contribution in [-0.2, 0) is 11.0 Å². The molecule has 0 bridgehead atoms. The van der Waals surface area contributed by atoms with E-state index in [1.54, 1.807) is 6.92 Å². The van der Waals surface area contributed by atoms with Crippen molar-refractivity contribution in [1.82, 2.24) is 0 Å². The van der Waals surface area contributed by atoms with Crippen LogP contribution in [0.4, 0.5) is 18.9 Å². The van der Waals surface area contributed by atoms with Gasteiger partial charge in [0, 0.05) is 4.90 Å². The van der Waals surface area contributed by atoms with Gasteiger partial charge in [0.1, 0.15) is 0 Å². The lowest BCUT2D eigenvalue weighted by Gasteiger charge is -2.17. The van der Waals surface area contributed by atoms with Gasteiger partial charge in [-0.1, -0.05) is 29.8 Å². The molecular formula is C18H18F3NOS. The lowest BCUT2D eigenvalue weighted by Crippen LogP contribution is -2.24. The third-order valence-electron chi connectivity index (χ3n) is 3.51. The number of hydrogen-bond donors (Lipinski definition) is 1. The highest BCUT2D eigenvalue weighted by molar-refractivity contribution is 8.00. The molecule has 0 spiro atoms. The predicted molar refractivity (Wildman–Crippen MR) is 91.3 cm³/mol. The molecule has 6 heteroatoms. The Morgan fingerprint density at radius 1 is 1.12 bits per heavy atom. The van der Waals surface area contributed by atoms with Crippen LogP contribution in [0.25, 0.3) is 0 Å². The zero-order valence-electron chi connectivity index (χ0n) is 13.6. The molecule has 0 aromatic heterocycles. The van der Waals surface area contributed by atoms with Crippen LogP contribution in [0.2, 0.25) is 0 Å². The van der Waals surface area contributed by atoms with Gasteiger partial charge in [-0.25, -0.2) is 0 Å². The topological polar surface area (TPSA) is 29.1 Å². The first kappa shape index (κ1) is 18.4. The number of halogens is 3. The van der Waals surface area contributed by atoms with Crippen molar-refractivity contribution in [2.45, 2.75) is 37.1 Å². The number of alkyl halides is 3. The van der Waals surface area contributed by atoms with Crippen LogP contribution in [0.5, 0.6) is 0 Å². The molecule has 0 saturated carbocycles. The number of hydrogen-bond acceptors (Lipinski definition) is 2. The maximum atomic E-state index is 13.0. The van der Waals surface area contributed by atoms with E-state index >= 15 is 0 Å². The summed E-state index contributed by atoms with van der Waals surface area (Å²) in [7, 11) is 0. The Labute approximate surface area is 143 Å². The van der Waals surface area contributed by atoms with E-state index in [9.17, 15) is 18.0 Å². The normalized spacial score (nSPS) is 12.8. The van der Waals surface area contributed by atoms with Gasteiger partial charge < -0.3 is 5.32 Å². The molecule has 0 saturated heterocycles. The minimum Gasteiger partial charge on any atom is -0.325 e. The zero-order valence-corrected chi connectivity index (χ0v) is 14.4. The van der Waals surface area contributed by atoms with Crippen LogP contribution in [0, 0.1) is 13.8 Å². The third kappa shape index (κ3) is 4.54. The van der Waals surface area contributed by atoms with Crippen molar-refractivity contribution in [2.75, 3.05) is 5.32 Å². The number of anilines is 1. The number of para-hydroxylation sites is 1. The van der Waals surface area contributed by atoms with Gasteiger partial charge in [0.2, 0.25) is 5.91 Å². The van der Waals surface area contributed by atoms with E-state index in [2.05, 4.69) is 5.32 Å². The van der Waals surface area contributed by atoms with Crippen LogP contribution in [0.3, 0.4) is 0 Å². The summed E-state index contributed by atoms with van der Waals surface area (Å²) < 4.78 is 39.0. The summed E-state index contributed by atoms with van der Waals surface area (Å²) in [5.41, 5.74) is 1.03. The number of carbonyl (C=O) groups excluding carboxylic acids is 1. The molecule has 2 rings (SSSR count). The quantitative estimate of drug-likeness (QED) is 0.742. The van der Waals surface area contributed by atoms with Gasteiger partial charge in [0.15, 0.2) is 0 Å². The Morgan fingerprint density at radius 3 is 2.46 bits per heavy atom. The predicted octanol–water partition coefficient (Wildman–Crippen LogP) is 5.44. The van der Waals surface area contributed by atoms with E-state index in [1.165, 1.54) is 30.0 Å². The van der Waals surface area contributed by atoms with Gasteiger partial charge in [-0.3, -0.25) is 4.79 Å². The van der Waals surface area contributed by atoms with E-state index in [1.807, 2.05) is 32.0 Å². The first-order valence-electron chi connectivity index (χ1n) is 7.39. The molecule has 0 aliphatic carbocycles. The zero-order chi connectivity index (χ0) is 17.9. The van der Waals surface area contributed by atoms with Gasteiger partial charge >= 0.3 is 6.18 Å². The monoisotopic (exact) mass is 353 g/mol. The molecule has 0 fully saturated rings. The van der Waals surface area contributed by atoms with E-state index < -0.39 is 22.9 Å². The molecule has 1 N–H and O–H groups in total. The fraction of sp³-hybridized carbons (Fsp3) is 0.278. The number of thioether (sulfide) groups is 1. The third-order valence-corrected chi connectivity index (χ3v) is 4.77. The first-order valence-corrected chi connectivity index (χ1v) is 8.27.